The van der Waals surface area contributed by atoms with Gasteiger partial charge in [-0.2, -0.15) is 5.26 Å². The molecule has 0 saturated carbocycles. The first kappa shape index (κ1) is 13.6. The Balaban J connectivity index is 2.58. The molecule has 17 heavy (non-hydrogen) atoms. The summed E-state index contributed by atoms with van der Waals surface area (Å²) in [6.07, 6.45) is -0.835. The molecule has 6 heteroatoms. The van der Waals surface area contributed by atoms with Crippen LogP contribution in [-0.4, -0.2) is 30.3 Å². The first-order chi connectivity index (χ1) is 8.08. The lowest BCUT2D eigenvalue weighted by Gasteiger charge is -2.18. The average molecular weight is 254 g/mol. The summed E-state index contributed by atoms with van der Waals surface area (Å²) in [5.41, 5.74) is 0.596. The van der Waals surface area contributed by atoms with Crippen molar-refractivity contribution < 1.29 is 14.6 Å². The van der Waals surface area contributed by atoms with Crippen LogP contribution in [0.5, 0.6) is 0 Å². The van der Waals surface area contributed by atoms with Gasteiger partial charge < -0.3 is 9.84 Å². The Morgan fingerprint density at radius 1 is 1.76 bits per heavy atom. The first-order valence-electron chi connectivity index (χ1n) is 5.05. The highest BCUT2D eigenvalue weighted by Crippen LogP contribution is 2.13. The molecule has 0 aliphatic rings. The van der Waals surface area contributed by atoms with Gasteiger partial charge in [0.05, 0.1) is 18.8 Å². The Morgan fingerprint density at radius 2 is 2.47 bits per heavy atom. The van der Waals surface area contributed by atoms with Crippen LogP contribution in [0, 0.1) is 11.3 Å². The van der Waals surface area contributed by atoms with Crippen molar-refractivity contribution >= 4 is 17.3 Å². The van der Waals surface area contributed by atoms with E-state index in [4.69, 9.17) is 5.26 Å². The van der Waals surface area contributed by atoms with E-state index in [1.165, 1.54) is 25.4 Å². The largest absolute Gasteiger partial charge is 0.468 e. The summed E-state index contributed by atoms with van der Waals surface area (Å²) in [5, 5.41) is 22.7. The maximum Gasteiger partial charge on any atom is 0.325 e. The second-order valence-electron chi connectivity index (χ2n) is 3.54. The van der Waals surface area contributed by atoms with Crippen molar-refractivity contribution in [2.24, 2.45) is 0 Å². The van der Waals surface area contributed by atoms with Gasteiger partial charge in [0.2, 0.25) is 0 Å². The molecule has 0 fully saturated rings. The van der Waals surface area contributed by atoms with Gasteiger partial charge in [-0.1, -0.05) is 0 Å². The van der Waals surface area contributed by atoms with Crippen molar-refractivity contribution in [2.45, 2.75) is 25.6 Å². The second-order valence-corrected chi connectivity index (χ2v) is 4.53. The summed E-state index contributed by atoms with van der Waals surface area (Å²) in [7, 11) is 1.28. The number of nitrogens with one attached hydrogen (secondary N) is 1. The number of carbonyl (C=O) groups is 1. The van der Waals surface area contributed by atoms with Crippen molar-refractivity contribution in [1.82, 2.24) is 5.32 Å². The van der Waals surface area contributed by atoms with Crippen LogP contribution < -0.4 is 5.32 Å². The predicted molar refractivity (Wildman–Crippen MR) is 63.4 cm³/mol. The summed E-state index contributed by atoms with van der Waals surface area (Å²) in [5.74, 6) is -0.503. The number of hydrogen-bond acceptors (Lipinski definition) is 6. The summed E-state index contributed by atoms with van der Waals surface area (Å²) >= 11 is 1.43. The number of rotatable bonds is 5. The van der Waals surface area contributed by atoms with E-state index >= 15 is 0 Å². The van der Waals surface area contributed by atoms with E-state index in [1.54, 1.807) is 11.4 Å². The maximum absolute atomic E-state index is 11.3. The quantitative estimate of drug-likeness (QED) is 0.753. The second kappa shape index (κ2) is 6.35. The van der Waals surface area contributed by atoms with E-state index in [1.807, 2.05) is 6.07 Å². The molecule has 0 aliphatic heterocycles. The molecule has 0 amide bonds. The van der Waals surface area contributed by atoms with Crippen molar-refractivity contribution in [3.05, 3.63) is 21.9 Å². The Bertz CT molecular complexity index is 423. The minimum atomic E-state index is -0.835. The summed E-state index contributed by atoms with van der Waals surface area (Å²) in [6, 6.07) is 3.02. The fourth-order valence-electron chi connectivity index (χ4n) is 1.32. The van der Waals surface area contributed by atoms with Gasteiger partial charge in [0, 0.05) is 16.8 Å². The van der Waals surface area contributed by atoms with E-state index in [-0.39, 0.29) is 0 Å². The first-order valence-corrected chi connectivity index (χ1v) is 5.93. The molecule has 1 aromatic rings. The molecule has 2 atom stereocenters. The van der Waals surface area contributed by atoms with E-state index in [0.29, 0.717) is 12.1 Å². The Morgan fingerprint density at radius 3 is 2.94 bits per heavy atom. The van der Waals surface area contributed by atoms with Gasteiger partial charge in [-0.25, -0.2) is 0 Å². The van der Waals surface area contributed by atoms with Crippen LogP contribution in [-0.2, 0) is 16.1 Å². The predicted octanol–water partition coefficient (Wildman–Crippen LogP) is 0.632. The molecule has 0 unspecified atom stereocenters. The zero-order valence-corrected chi connectivity index (χ0v) is 10.5. The van der Waals surface area contributed by atoms with Gasteiger partial charge in [-0.15, -0.1) is 11.3 Å². The summed E-state index contributed by atoms with van der Waals surface area (Å²) < 4.78 is 4.58. The third kappa shape index (κ3) is 3.82. The minimum Gasteiger partial charge on any atom is -0.468 e. The lowest BCUT2D eigenvalue weighted by molar-refractivity contribution is -0.145. The highest BCUT2D eigenvalue weighted by atomic mass is 32.1. The van der Waals surface area contributed by atoms with Crippen LogP contribution in [0.25, 0.3) is 0 Å². The number of ether oxygens (including phenoxy) is 1. The lowest BCUT2D eigenvalue weighted by atomic mass is 10.2. The molecule has 1 aromatic heterocycles. The molecule has 1 rings (SSSR count). The number of esters is 1. The number of carbonyl (C=O) groups excluding carboxylic acids is 1. The normalized spacial score (nSPS) is 13.8. The molecule has 1 heterocycles. The summed E-state index contributed by atoms with van der Waals surface area (Å²) in [4.78, 5) is 12.3. The van der Waals surface area contributed by atoms with Gasteiger partial charge in [0.1, 0.15) is 12.1 Å². The number of nitrogens with zero attached hydrogens (tertiary/aromatic N) is 1. The van der Waals surface area contributed by atoms with Crippen LogP contribution in [0.3, 0.4) is 0 Å². The molecule has 0 radical (unpaired) electrons. The number of aliphatic hydroxyl groups excluding tert-OH is 1. The number of aliphatic hydroxyl groups is 1. The molecule has 0 spiro atoms. The van der Waals surface area contributed by atoms with E-state index in [9.17, 15) is 9.90 Å². The van der Waals surface area contributed by atoms with Crippen LogP contribution in [0.15, 0.2) is 11.4 Å². The van der Waals surface area contributed by atoms with Gasteiger partial charge in [0.25, 0.3) is 0 Å². The molecule has 2 N–H and O–H groups in total. The third-order valence-electron chi connectivity index (χ3n) is 2.22. The monoisotopic (exact) mass is 254 g/mol. The highest BCUT2D eigenvalue weighted by molar-refractivity contribution is 7.10. The van der Waals surface area contributed by atoms with Gasteiger partial charge in [-0.3, -0.25) is 10.1 Å². The van der Waals surface area contributed by atoms with Crippen LogP contribution in [0.1, 0.15) is 17.4 Å². The molecular formula is C11H14N2O3S. The Hall–Kier alpha value is -1.42. The lowest BCUT2D eigenvalue weighted by Crippen LogP contribution is -2.44. The van der Waals surface area contributed by atoms with Crippen molar-refractivity contribution in [3.8, 4) is 6.07 Å². The highest BCUT2D eigenvalue weighted by Gasteiger charge is 2.23. The number of nitriles is 1. The fourth-order valence-corrected chi connectivity index (χ4v) is 2.08. The standard InChI is InChI=1S/C11H14N2O3S/c1-7(14)10(11(15)16-2)13-5-9-3-8(4-12)6-17-9/h3,6-7,10,13-14H,5H2,1-2H3/t7-,10+/m0/s1. The van der Waals surface area contributed by atoms with E-state index < -0.39 is 18.1 Å². The average Bonchev–Trinajstić information content (AvgIpc) is 2.76. The minimum absolute atomic E-state index is 0.414. The molecule has 0 saturated heterocycles. The van der Waals surface area contributed by atoms with E-state index in [0.717, 1.165) is 4.88 Å². The van der Waals surface area contributed by atoms with E-state index in [2.05, 4.69) is 10.1 Å². The van der Waals surface area contributed by atoms with Crippen molar-refractivity contribution in [3.63, 3.8) is 0 Å². The molecule has 92 valence electrons. The topological polar surface area (TPSA) is 82.3 Å². The summed E-state index contributed by atoms with van der Waals surface area (Å²) in [6.45, 7) is 1.93. The molecule has 0 aromatic carbocycles. The molecule has 5 nitrogen and oxygen atoms in total. The molecule has 0 bridgehead atoms. The SMILES string of the molecule is COC(=O)[C@H](NCc1cc(C#N)cs1)[C@H](C)O. The number of hydrogen-bond donors (Lipinski definition) is 2. The molecular weight excluding hydrogens is 240 g/mol. The fraction of sp³-hybridized carbons (Fsp3) is 0.455. The number of methoxy groups -OCH3 is 1. The zero-order valence-electron chi connectivity index (χ0n) is 9.64. The van der Waals surface area contributed by atoms with Crippen molar-refractivity contribution in [1.29, 1.82) is 5.26 Å². The van der Waals surface area contributed by atoms with Gasteiger partial charge >= 0.3 is 5.97 Å². The van der Waals surface area contributed by atoms with Gasteiger partial charge in [-0.05, 0) is 13.0 Å². The van der Waals surface area contributed by atoms with Crippen molar-refractivity contribution in [2.75, 3.05) is 7.11 Å². The van der Waals surface area contributed by atoms with Crippen LogP contribution in [0.2, 0.25) is 0 Å². The third-order valence-corrected chi connectivity index (χ3v) is 3.15. The van der Waals surface area contributed by atoms with Crippen LogP contribution in [0.4, 0.5) is 0 Å². The molecule has 0 aliphatic carbocycles. The Kier molecular flexibility index (Phi) is 5.10. The van der Waals surface area contributed by atoms with Crippen LogP contribution >= 0.6 is 11.3 Å². The maximum atomic E-state index is 11.3. The number of thiophene rings is 1. The zero-order chi connectivity index (χ0) is 12.8. The Labute approximate surface area is 104 Å². The van der Waals surface area contributed by atoms with Gasteiger partial charge in [0.15, 0.2) is 0 Å². The smallest absolute Gasteiger partial charge is 0.325 e.